The molecule has 3 aromatic rings. The summed E-state index contributed by atoms with van der Waals surface area (Å²) in [6.07, 6.45) is -4.36. The molecule has 0 amide bonds. The predicted molar refractivity (Wildman–Crippen MR) is 101 cm³/mol. The number of anilines is 1. The Kier molecular flexibility index (Phi) is 5.58. The third kappa shape index (κ3) is 5.23. The molecular weight excluding hydrogens is 349 g/mol. The molecule has 1 N–H and O–H groups in total. The number of nitrogens with zero attached hydrogens (tertiary/aromatic N) is 1. The minimum Gasteiger partial charge on any atom is -0.277 e. The lowest BCUT2D eigenvalue weighted by molar-refractivity contribution is -0.137. The highest BCUT2D eigenvalue weighted by Crippen LogP contribution is 2.29. The summed E-state index contributed by atoms with van der Waals surface area (Å²) in [6, 6.07) is 23.5. The van der Waals surface area contributed by atoms with Crippen LogP contribution in [0.5, 0.6) is 0 Å². The minimum atomic E-state index is -4.36. The largest absolute Gasteiger partial charge is 0.416 e. The van der Waals surface area contributed by atoms with Crippen molar-refractivity contribution < 1.29 is 13.2 Å². The Balaban J connectivity index is 1.86. The van der Waals surface area contributed by atoms with Gasteiger partial charge in [-0.15, -0.1) is 0 Å². The Bertz CT molecular complexity index is 965. The van der Waals surface area contributed by atoms with Crippen LogP contribution in [0.1, 0.15) is 16.7 Å². The second-order valence-corrected chi connectivity index (χ2v) is 5.63. The summed E-state index contributed by atoms with van der Waals surface area (Å²) >= 11 is 0. The standard InChI is InChI=1S/C22H15F3N2/c23-22(24,25)19-12-14-20(15-13-19)26-27-21(18-9-5-2-6-10-18)16-11-17-7-3-1-4-8-17/h1-10,12-15,26H/b27-21+. The van der Waals surface area contributed by atoms with Gasteiger partial charge in [0.15, 0.2) is 0 Å². The molecule has 0 aliphatic rings. The topological polar surface area (TPSA) is 24.4 Å². The van der Waals surface area contributed by atoms with E-state index in [9.17, 15) is 13.2 Å². The van der Waals surface area contributed by atoms with Gasteiger partial charge in [0, 0.05) is 11.1 Å². The van der Waals surface area contributed by atoms with Gasteiger partial charge < -0.3 is 0 Å². The monoisotopic (exact) mass is 364 g/mol. The molecule has 0 radical (unpaired) electrons. The molecule has 0 saturated carbocycles. The van der Waals surface area contributed by atoms with Crippen LogP contribution in [0.3, 0.4) is 0 Å². The highest BCUT2D eigenvalue weighted by Gasteiger charge is 2.29. The molecule has 0 fully saturated rings. The normalized spacial score (nSPS) is 11.4. The lowest BCUT2D eigenvalue weighted by atomic mass is 10.1. The van der Waals surface area contributed by atoms with Crippen molar-refractivity contribution in [3.8, 4) is 11.8 Å². The first-order valence-electron chi connectivity index (χ1n) is 8.16. The molecule has 3 aromatic carbocycles. The molecule has 2 nitrogen and oxygen atoms in total. The van der Waals surface area contributed by atoms with E-state index in [-0.39, 0.29) is 0 Å². The van der Waals surface area contributed by atoms with E-state index in [1.54, 1.807) is 0 Å². The number of alkyl halides is 3. The zero-order chi connectivity index (χ0) is 19.1. The molecule has 5 heteroatoms. The Morgan fingerprint density at radius 1 is 0.778 bits per heavy atom. The number of benzene rings is 3. The van der Waals surface area contributed by atoms with Gasteiger partial charge in [0.25, 0.3) is 0 Å². The van der Waals surface area contributed by atoms with Gasteiger partial charge in [-0.25, -0.2) is 0 Å². The lowest BCUT2D eigenvalue weighted by Gasteiger charge is -2.07. The lowest BCUT2D eigenvalue weighted by Crippen LogP contribution is -2.05. The number of halogens is 3. The molecule has 0 unspecified atom stereocenters. The molecule has 0 bridgehead atoms. The van der Waals surface area contributed by atoms with Crippen molar-refractivity contribution in [1.29, 1.82) is 0 Å². The van der Waals surface area contributed by atoms with Crippen molar-refractivity contribution in [2.75, 3.05) is 5.43 Å². The second kappa shape index (κ2) is 8.24. The number of hydrogen-bond acceptors (Lipinski definition) is 2. The number of rotatable bonds is 3. The fourth-order valence-electron chi connectivity index (χ4n) is 2.27. The highest BCUT2D eigenvalue weighted by molar-refractivity contribution is 6.13. The van der Waals surface area contributed by atoms with Gasteiger partial charge in [0.1, 0.15) is 5.71 Å². The van der Waals surface area contributed by atoms with Crippen molar-refractivity contribution in [1.82, 2.24) is 0 Å². The van der Waals surface area contributed by atoms with E-state index >= 15 is 0 Å². The van der Waals surface area contributed by atoms with E-state index < -0.39 is 11.7 Å². The summed E-state index contributed by atoms with van der Waals surface area (Å²) < 4.78 is 38.0. The fraction of sp³-hybridized carbons (Fsp3) is 0.0455. The Morgan fingerprint density at radius 3 is 1.96 bits per heavy atom. The zero-order valence-corrected chi connectivity index (χ0v) is 14.2. The van der Waals surface area contributed by atoms with Crippen LogP contribution in [0.2, 0.25) is 0 Å². The summed E-state index contributed by atoms with van der Waals surface area (Å²) in [7, 11) is 0. The van der Waals surface area contributed by atoms with Gasteiger partial charge in [0.05, 0.1) is 11.3 Å². The molecule has 134 valence electrons. The summed E-state index contributed by atoms with van der Waals surface area (Å²) in [4.78, 5) is 0. The first kappa shape index (κ1) is 18.3. The first-order valence-corrected chi connectivity index (χ1v) is 8.16. The maximum atomic E-state index is 12.7. The second-order valence-electron chi connectivity index (χ2n) is 5.63. The summed E-state index contributed by atoms with van der Waals surface area (Å²) in [5.41, 5.74) is 4.65. The number of hydrazone groups is 1. The van der Waals surface area contributed by atoms with Crippen LogP contribution in [0.25, 0.3) is 0 Å². The molecule has 0 atom stereocenters. The number of nitrogens with one attached hydrogen (secondary N) is 1. The van der Waals surface area contributed by atoms with Gasteiger partial charge >= 0.3 is 6.18 Å². The first-order chi connectivity index (χ1) is 13.0. The highest BCUT2D eigenvalue weighted by atomic mass is 19.4. The van der Waals surface area contributed by atoms with Gasteiger partial charge in [-0.05, 0) is 42.3 Å². The zero-order valence-electron chi connectivity index (χ0n) is 14.2. The molecule has 0 aliphatic heterocycles. The van der Waals surface area contributed by atoms with Gasteiger partial charge in [-0.3, -0.25) is 5.43 Å². The van der Waals surface area contributed by atoms with E-state index in [0.29, 0.717) is 11.4 Å². The van der Waals surface area contributed by atoms with Gasteiger partial charge in [-0.2, -0.15) is 18.3 Å². The van der Waals surface area contributed by atoms with Crippen LogP contribution in [-0.2, 0) is 6.18 Å². The van der Waals surface area contributed by atoms with Crippen molar-refractivity contribution in [3.05, 3.63) is 102 Å². The van der Waals surface area contributed by atoms with E-state index in [0.717, 1.165) is 23.3 Å². The van der Waals surface area contributed by atoms with Gasteiger partial charge in [-0.1, -0.05) is 54.5 Å². The van der Waals surface area contributed by atoms with Crippen LogP contribution in [0.4, 0.5) is 18.9 Å². The van der Waals surface area contributed by atoms with E-state index in [2.05, 4.69) is 22.4 Å². The summed E-state index contributed by atoms with van der Waals surface area (Å²) in [6.45, 7) is 0. The Labute approximate surface area is 155 Å². The molecule has 0 spiro atoms. The number of hydrogen-bond donors (Lipinski definition) is 1. The Hall–Kier alpha value is -3.52. The SMILES string of the molecule is FC(F)(F)c1ccc(N/N=C(\C#Cc2ccccc2)c2ccccc2)cc1. The molecular formula is C22H15F3N2. The van der Waals surface area contributed by atoms with Gasteiger partial charge in [0.2, 0.25) is 0 Å². The van der Waals surface area contributed by atoms with Crippen LogP contribution < -0.4 is 5.43 Å². The summed E-state index contributed by atoms with van der Waals surface area (Å²) in [5.74, 6) is 6.05. The van der Waals surface area contributed by atoms with Crippen LogP contribution in [-0.4, -0.2) is 5.71 Å². The maximum Gasteiger partial charge on any atom is 0.416 e. The molecule has 0 aromatic heterocycles. The van der Waals surface area contributed by atoms with Crippen LogP contribution >= 0.6 is 0 Å². The maximum absolute atomic E-state index is 12.7. The average Bonchev–Trinajstić information content (AvgIpc) is 2.69. The smallest absolute Gasteiger partial charge is 0.277 e. The Morgan fingerprint density at radius 2 is 1.37 bits per heavy atom. The van der Waals surface area contributed by atoms with E-state index in [1.165, 1.54) is 12.1 Å². The molecule has 0 heterocycles. The molecule has 0 aliphatic carbocycles. The minimum absolute atomic E-state index is 0.443. The molecule has 27 heavy (non-hydrogen) atoms. The van der Waals surface area contributed by atoms with Crippen molar-refractivity contribution in [2.45, 2.75) is 6.18 Å². The fourth-order valence-corrected chi connectivity index (χ4v) is 2.27. The third-order valence-electron chi connectivity index (χ3n) is 3.66. The van der Waals surface area contributed by atoms with Crippen molar-refractivity contribution in [2.24, 2.45) is 5.10 Å². The molecule has 0 saturated heterocycles. The molecule has 3 rings (SSSR count). The predicted octanol–water partition coefficient (Wildman–Crippen LogP) is 5.57. The third-order valence-corrected chi connectivity index (χ3v) is 3.66. The van der Waals surface area contributed by atoms with Crippen molar-refractivity contribution in [3.63, 3.8) is 0 Å². The van der Waals surface area contributed by atoms with E-state index in [1.807, 2.05) is 60.7 Å². The van der Waals surface area contributed by atoms with Crippen LogP contribution in [0.15, 0.2) is 90.0 Å². The summed E-state index contributed by atoms with van der Waals surface area (Å²) in [5, 5.41) is 4.28. The van der Waals surface area contributed by atoms with Crippen LogP contribution in [0, 0.1) is 11.8 Å². The van der Waals surface area contributed by atoms with Crippen molar-refractivity contribution >= 4 is 11.4 Å². The average molecular weight is 364 g/mol. The van der Waals surface area contributed by atoms with E-state index in [4.69, 9.17) is 0 Å². The quantitative estimate of drug-likeness (QED) is 0.367.